The maximum Gasteiger partial charge on any atom is 0.331 e. The van der Waals surface area contributed by atoms with Crippen molar-refractivity contribution in [2.24, 2.45) is 0 Å². The van der Waals surface area contributed by atoms with Gasteiger partial charge in [-0.05, 0) is 23.6 Å². The highest BCUT2D eigenvalue weighted by Gasteiger charge is 2.09. The SMILES string of the molecule is O=C(/C=C/c1ccccc1F)OCc1coc(-c2cccs2)n1. The molecule has 0 aliphatic carbocycles. The molecule has 0 unspecified atom stereocenters. The molecule has 23 heavy (non-hydrogen) atoms. The lowest BCUT2D eigenvalue weighted by molar-refractivity contribution is -0.139. The van der Waals surface area contributed by atoms with E-state index in [0.29, 0.717) is 17.1 Å². The minimum absolute atomic E-state index is 0.00464. The van der Waals surface area contributed by atoms with Crippen LogP contribution in [0.15, 0.2) is 58.5 Å². The number of halogens is 1. The fourth-order valence-corrected chi connectivity index (χ4v) is 2.50. The average molecular weight is 329 g/mol. The van der Waals surface area contributed by atoms with Crippen LogP contribution in [0.2, 0.25) is 0 Å². The van der Waals surface area contributed by atoms with E-state index in [1.54, 1.807) is 18.2 Å². The molecule has 116 valence electrons. The number of oxazole rings is 1. The zero-order chi connectivity index (χ0) is 16.1. The Bertz CT molecular complexity index is 824. The van der Waals surface area contributed by atoms with Crippen LogP contribution < -0.4 is 0 Å². The predicted molar refractivity (Wildman–Crippen MR) is 85.0 cm³/mol. The first-order chi connectivity index (χ1) is 11.2. The molecule has 0 fully saturated rings. The lowest BCUT2D eigenvalue weighted by Gasteiger charge is -1.98. The Kier molecular flexibility index (Phi) is 4.63. The third kappa shape index (κ3) is 3.92. The van der Waals surface area contributed by atoms with Gasteiger partial charge in [-0.25, -0.2) is 14.2 Å². The zero-order valence-electron chi connectivity index (χ0n) is 11.9. The van der Waals surface area contributed by atoms with E-state index in [4.69, 9.17) is 9.15 Å². The van der Waals surface area contributed by atoms with Gasteiger partial charge in [0.2, 0.25) is 5.89 Å². The van der Waals surface area contributed by atoms with E-state index in [1.165, 1.54) is 35.8 Å². The van der Waals surface area contributed by atoms with Crippen LogP contribution in [0.5, 0.6) is 0 Å². The molecular formula is C17H12FNO3S. The van der Waals surface area contributed by atoms with Gasteiger partial charge in [-0.3, -0.25) is 0 Å². The van der Waals surface area contributed by atoms with Crippen molar-refractivity contribution in [3.05, 3.63) is 71.2 Å². The monoisotopic (exact) mass is 329 g/mol. The molecule has 0 aliphatic heterocycles. The number of benzene rings is 1. The molecule has 4 nitrogen and oxygen atoms in total. The van der Waals surface area contributed by atoms with Crippen LogP contribution >= 0.6 is 11.3 Å². The quantitative estimate of drug-likeness (QED) is 0.517. The van der Waals surface area contributed by atoms with Crippen LogP contribution in [0, 0.1) is 5.82 Å². The summed E-state index contributed by atoms with van der Waals surface area (Å²) in [6, 6.07) is 9.97. The summed E-state index contributed by atoms with van der Waals surface area (Å²) >= 11 is 1.51. The summed E-state index contributed by atoms with van der Waals surface area (Å²) in [5, 5.41) is 1.92. The highest BCUT2D eigenvalue weighted by molar-refractivity contribution is 7.13. The lowest BCUT2D eigenvalue weighted by Crippen LogP contribution is -2.01. The van der Waals surface area contributed by atoms with Gasteiger partial charge in [-0.2, -0.15) is 0 Å². The summed E-state index contributed by atoms with van der Waals surface area (Å²) in [7, 11) is 0. The molecule has 3 aromatic rings. The van der Waals surface area contributed by atoms with Crippen LogP contribution in [-0.4, -0.2) is 11.0 Å². The first kappa shape index (κ1) is 15.2. The smallest absolute Gasteiger partial charge is 0.331 e. The summed E-state index contributed by atoms with van der Waals surface area (Å²) in [5.41, 5.74) is 0.840. The van der Waals surface area contributed by atoms with E-state index in [0.717, 1.165) is 4.88 Å². The average Bonchev–Trinajstić information content (AvgIpc) is 3.23. The van der Waals surface area contributed by atoms with Gasteiger partial charge >= 0.3 is 5.97 Å². The third-order valence-electron chi connectivity index (χ3n) is 2.95. The highest BCUT2D eigenvalue weighted by Crippen LogP contribution is 2.23. The number of hydrogen-bond acceptors (Lipinski definition) is 5. The molecule has 3 rings (SSSR count). The number of carbonyl (C=O) groups excluding carboxylic acids is 1. The number of esters is 1. The molecular weight excluding hydrogens is 317 g/mol. The topological polar surface area (TPSA) is 52.3 Å². The van der Waals surface area contributed by atoms with Gasteiger partial charge in [0, 0.05) is 11.6 Å². The van der Waals surface area contributed by atoms with Gasteiger partial charge in [0.15, 0.2) is 0 Å². The number of ether oxygens (including phenoxy) is 1. The standard InChI is InChI=1S/C17H12FNO3S/c18-14-5-2-1-4-12(14)7-8-16(20)21-10-13-11-22-17(19-13)15-6-3-9-23-15/h1-9,11H,10H2/b8-7+. The number of aromatic nitrogens is 1. The Morgan fingerprint density at radius 1 is 1.30 bits per heavy atom. The fraction of sp³-hybridized carbons (Fsp3) is 0.0588. The number of rotatable bonds is 5. The van der Waals surface area contributed by atoms with Crippen molar-refractivity contribution < 1.29 is 18.3 Å². The molecule has 0 spiro atoms. The molecule has 0 amide bonds. The summed E-state index contributed by atoms with van der Waals surface area (Å²) in [6.45, 7) is -0.00464. The van der Waals surface area contributed by atoms with Crippen molar-refractivity contribution in [2.45, 2.75) is 6.61 Å². The van der Waals surface area contributed by atoms with E-state index in [2.05, 4.69) is 4.98 Å². The van der Waals surface area contributed by atoms with Crippen molar-refractivity contribution in [3.8, 4) is 10.8 Å². The van der Waals surface area contributed by atoms with E-state index in [-0.39, 0.29) is 6.61 Å². The molecule has 1 aromatic carbocycles. The minimum atomic E-state index is -0.575. The van der Waals surface area contributed by atoms with Gasteiger partial charge in [0.1, 0.15) is 24.4 Å². The van der Waals surface area contributed by atoms with Crippen molar-refractivity contribution in [1.29, 1.82) is 0 Å². The van der Waals surface area contributed by atoms with Crippen LogP contribution in [0.25, 0.3) is 16.8 Å². The predicted octanol–water partition coefficient (Wildman–Crippen LogP) is 4.30. The van der Waals surface area contributed by atoms with E-state index in [1.807, 2.05) is 17.5 Å². The molecule has 0 N–H and O–H groups in total. The first-order valence-electron chi connectivity index (χ1n) is 6.80. The third-order valence-corrected chi connectivity index (χ3v) is 3.81. The molecule has 2 heterocycles. The van der Waals surface area contributed by atoms with Gasteiger partial charge in [-0.1, -0.05) is 24.3 Å². The largest absolute Gasteiger partial charge is 0.456 e. The molecule has 0 radical (unpaired) electrons. The minimum Gasteiger partial charge on any atom is -0.456 e. The zero-order valence-corrected chi connectivity index (χ0v) is 12.8. The Morgan fingerprint density at radius 3 is 2.96 bits per heavy atom. The lowest BCUT2D eigenvalue weighted by atomic mass is 10.2. The van der Waals surface area contributed by atoms with E-state index in [9.17, 15) is 9.18 Å². The first-order valence-corrected chi connectivity index (χ1v) is 7.68. The second kappa shape index (κ2) is 7.02. The highest BCUT2D eigenvalue weighted by atomic mass is 32.1. The van der Waals surface area contributed by atoms with Crippen LogP contribution in [0.1, 0.15) is 11.3 Å². The molecule has 0 atom stereocenters. The summed E-state index contributed by atoms with van der Waals surface area (Å²) in [6.07, 6.45) is 4.00. The number of hydrogen-bond donors (Lipinski definition) is 0. The summed E-state index contributed by atoms with van der Waals surface area (Å²) in [5.74, 6) is -0.476. The van der Waals surface area contributed by atoms with Gasteiger partial charge < -0.3 is 9.15 Å². The molecule has 0 saturated carbocycles. The molecule has 0 aliphatic rings. The Morgan fingerprint density at radius 2 is 2.17 bits per heavy atom. The van der Waals surface area contributed by atoms with Gasteiger partial charge in [0.25, 0.3) is 0 Å². The Balaban J connectivity index is 1.56. The molecule has 0 saturated heterocycles. The summed E-state index contributed by atoms with van der Waals surface area (Å²) < 4.78 is 23.8. The Labute approximate surface area is 135 Å². The second-order valence-corrected chi connectivity index (χ2v) is 5.53. The van der Waals surface area contributed by atoms with Crippen molar-refractivity contribution in [2.75, 3.05) is 0 Å². The normalized spacial score (nSPS) is 11.0. The van der Waals surface area contributed by atoms with Crippen molar-refractivity contribution in [1.82, 2.24) is 4.98 Å². The fourth-order valence-electron chi connectivity index (χ4n) is 1.85. The van der Waals surface area contributed by atoms with E-state index < -0.39 is 11.8 Å². The summed E-state index contributed by atoms with van der Waals surface area (Å²) in [4.78, 5) is 16.8. The molecule has 2 aromatic heterocycles. The van der Waals surface area contributed by atoms with Gasteiger partial charge in [-0.15, -0.1) is 11.3 Å². The van der Waals surface area contributed by atoms with Crippen LogP contribution in [-0.2, 0) is 16.1 Å². The number of thiophene rings is 1. The number of nitrogens with zero attached hydrogens (tertiary/aromatic N) is 1. The van der Waals surface area contributed by atoms with E-state index >= 15 is 0 Å². The molecule has 0 bridgehead atoms. The van der Waals surface area contributed by atoms with Crippen molar-refractivity contribution >= 4 is 23.4 Å². The van der Waals surface area contributed by atoms with Crippen molar-refractivity contribution in [3.63, 3.8) is 0 Å². The van der Waals surface area contributed by atoms with Crippen LogP contribution in [0.3, 0.4) is 0 Å². The maximum absolute atomic E-state index is 13.4. The second-order valence-electron chi connectivity index (χ2n) is 4.58. The maximum atomic E-state index is 13.4. The Hall–Kier alpha value is -2.73. The van der Waals surface area contributed by atoms with Gasteiger partial charge in [0.05, 0.1) is 4.88 Å². The number of carbonyl (C=O) groups is 1. The van der Waals surface area contributed by atoms with Crippen LogP contribution in [0.4, 0.5) is 4.39 Å². The molecule has 6 heteroatoms.